The minimum absolute atomic E-state index is 0.392. The molecule has 0 saturated carbocycles. The maximum Gasteiger partial charge on any atom is 0.156 e. The number of pyridine rings is 1. The summed E-state index contributed by atoms with van der Waals surface area (Å²) in [6.45, 7) is 1.37. The summed E-state index contributed by atoms with van der Waals surface area (Å²) in [5.74, 6) is 0. The molecule has 2 nitrogen and oxygen atoms in total. The van der Waals surface area contributed by atoms with Gasteiger partial charge in [0.25, 0.3) is 0 Å². The fourth-order valence-electron chi connectivity index (χ4n) is 1.78. The highest BCUT2D eigenvalue weighted by Gasteiger charge is 2.36. The molecular formula is C10H12ClFN2. The molecule has 0 amide bonds. The van der Waals surface area contributed by atoms with E-state index in [1.807, 2.05) is 0 Å². The van der Waals surface area contributed by atoms with Crippen LogP contribution in [0.5, 0.6) is 0 Å². The van der Waals surface area contributed by atoms with Crippen LogP contribution in [0.4, 0.5) is 4.39 Å². The highest BCUT2D eigenvalue weighted by molar-refractivity contribution is 6.31. The summed E-state index contributed by atoms with van der Waals surface area (Å²) in [5, 5.41) is 3.55. The number of hydrogen-bond acceptors (Lipinski definition) is 2. The van der Waals surface area contributed by atoms with E-state index in [1.54, 1.807) is 18.3 Å². The van der Waals surface area contributed by atoms with Crippen LogP contribution in [0.2, 0.25) is 5.02 Å². The van der Waals surface area contributed by atoms with Crippen molar-refractivity contribution >= 4 is 11.6 Å². The van der Waals surface area contributed by atoms with Gasteiger partial charge in [0, 0.05) is 6.20 Å². The Morgan fingerprint density at radius 1 is 1.43 bits per heavy atom. The molecule has 1 fully saturated rings. The smallest absolute Gasteiger partial charge is 0.156 e. The summed E-state index contributed by atoms with van der Waals surface area (Å²) in [6, 6.07) is 3.41. The molecule has 14 heavy (non-hydrogen) atoms. The Bertz CT molecular complexity index is 324. The standard InChI is InChI=1S/C10H12ClFN2/c11-8-2-1-5-14-9(8)10(12)3-6-13-7-4-10/h1-2,5,13H,3-4,6-7H2. The highest BCUT2D eigenvalue weighted by atomic mass is 35.5. The summed E-state index contributed by atoms with van der Waals surface area (Å²) >= 11 is 5.92. The van der Waals surface area contributed by atoms with Gasteiger partial charge in [-0.15, -0.1) is 0 Å². The molecule has 0 spiro atoms. The van der Waals surface area contributed by atoms with E-state index in [0.717, 1.165) is 0 Å². The zero-order valence-electron chi connectivity index (χ0n) is 7.76. The Morgan fingerprint density at radius 3 is 2.79 bits per heavy atom. The van der Waals surface area contributed by atoms with E-state index in [1.165, 1.54) is 0 Å². The molecule has 1 N–H and O–H groups in total. The molecule has 1 aromatic rings. The number of nitrogens with one attached hydrogen (secondary N) is 1. The Kier molecular flexibility index (Phi) is 2.70. The van der Waals surface area contributed by atoms with E-state index in [0.29, 0.717) is 36.6 Å². The molecule has 2 heterocycles. The molecule has 76 valence electrons. The second-order valence-corrected chi connectivity index (χ2v) is 3.96. The average Bonchev–Trinajstić information content (AvgIpc) is 2.19. The lowest BCUT2D eigenvalue weighted by Crippen LogP contribution is -2.37. The Morgan fingerprint density at radius 2 is 2.14 bits per heavy atom. The van der Waals surface area contributed by atoms with Crippen LogP contribution in [0.25, 0.3) is 0 Å². The van der Waals surface area contributed by atoms with Crippen molar-refractivity contribution in [2.24, 2.45) is 0 Å². The Labute approximate surface area is 87.5 Å². The first kappa shape index (κ1) is 9.87. The molecule has 1 aliphatic rings. The predicted octanol–water partition coefficient (Wildman–Crippen LogP) is 2.28. The summed E-state index contributed by atoms with van der Waals surface area (Å²) in [6.07, 6.45) is 2.48. The SMILES string of the molecule is FC1(c2ncccc2Cl)CCNCC1. The van der Waals surface area contributed by atoms with Crippen LogP contribution in [0, 0.1) is 0 Å². The van der Waals surface area contributed by atoms with Gasteiger partial charge in [-0.05, 0) is 38.1 Å². The zero-order chi connectivity index (χ0) is 10.0. The highest BCUT2D eigenvalue weighted by Crippen LogP contribution is 2.36. The normalized spacial score (nSPS) is 20.7. The van der Waals surface area contributed by atoms with E-state index >= 15 is 0 Å². The zero-order valence-corrected chi connectivity index (χ0v) is 8.52. The van der Waals surface area contributed by atoms with Crippen LogP contribution in [-0.4, -0.2) is 18.1 Å². The van der Waals surface area contributed by atoms with Gasteiger partial charge in [0.05, 0.1) is 10.7 Å². The monoisotopic (exact) mass is 214 g/mol. The lowest BCUT2D eigenvalue weighted by atomic mass is 9.90. The van der Waals surface area contributed by atoms with Gasteiger partial charge in [0.1, 0.15) is 0 Å². The molecule has 4 heteroatoms. The van der Waals surface area contributed by atoms with Crippen LogP contribution in [0.15, 0.2) is 18.3 Å². The van der Waals surface area contributed by atoms with E-state index in [2.05, 4.69) is 10.3 Å². The van der Waals surface area contributed by atoms with E-state index < -0.39 is 5.67 Å². The van der Waals surface area contributed by atoms with Crippen molar-refractivity contribution in [3.05, 3.63) is 29.0 Å². The minimum Gasteiger partial charge on any atom is -0.316 e. The first-order valence-electron chi connectivity index (χ1n) is 4.73. The van der Waals surface area contributed by atoms with Crippen LogP contribution in [0.3, 0.4) is 0 Å². The maximum atomic E-state index is 14.4. The second-order valence-electron chi connectivity index (χ2n) is 3.55. The largest absolute Gasteiger partial charge is 0.316 e. The summed E-state index contributed by atoms with van der Waals surface area (Å²) in [4.78, 5) is 4.04. The molecule has 1 aliphatic heterocycles. The van der Waals surface area contributed by atoms with E-state index in [9.17, 15) is 4.39 Å². The van der Waals surface area contributed by atoms with Crippen molar-refractivity contribution in [1.82, 2.24) is 10.3 Å². The number of piperidine rings is 1. The molecule has 0 bridgehead atoms. The number of hydrogen-bond donors (Lipinski definition) is 1. The molecule has 1 aromatic heterocycles. The van der Waals surface area contributed by atoms with E-state index in [4.69, 9.17) is 11.6 Å². The fraction of sp³-hybridized carbons (Fsp3) is 0.500. The number of nitrogens with zero attached hydrogens (tertiary/aromatic N) is 1. The predicted molar refractivity (Wildman–Crippen MR) is 54.1 cm³/mol. The van der Waals surface area contributed by atoms with Crippen LogP contribution in [0.1, 0.15) is 18.5 Å². The van der Waals surface area contributed by atoms with Gasteiger partial charge >= 0.3 is 0 Å². The molecule has 0 aromatic carbocycles. The number of alkyl halides is 1. The molecule has 0 aliphatic carbocycles. The molecule has 1 saturated heterocycles. The fourth-order valence-corrected chi connectivity index (χ4v) is 2.07. The summed E-state index contributed by atoms with van der Waals surface area (Å²) in [5.41, 5.74) is -0.952. The van der Waals surface area contributed by atoms with Gasteiger partial charge in [0.2, 0.25) is 0 Å². The molecule has 0 atom stereocenters. The van der Waals surface area contributed by atoms with Crippen LogP contribution < -0.4 is 5.32 Å². The average molecular weight is 215 g/mol. The number of rotatable bonds is 1. The van der Waals surface area contributed by atoms with Crippen molar-refractivity contribution in [3.63, 3.8) is 0 Å². The van der Waals surface area contributed by atoms with Gasteiger partial charge in [0.15, 0.2) is 5.67 Å². The number of halogens is 2. The second kappa shape index (κ2) is 3.83. The van der Waals surface area contributed by atoms with Gasteiger partial charge in [-0.25, -0.2) is 4.39 Å². The number of aromatic nitrogens is 1. The van der Waals surface area contributed by atoms with Gasteiger partial charge in [-0.3, -0.25) is 4.98 Å². The third kappa shape index (κ3) is 1.74. The van der Waals surface area contributed by atoms with Crippen molar-refractivity contribution in [1.29, 1.82) is 0 Å². The van der Waals surface area contributed by atoms with Gasteiger partial charge in [-0.1, -0.05) is 11.6 Å². The van der Waals surface area contributed by atoms with Crippen LogP contribution >= 0.6 is 11.6 Å². The van der Waals surface area contributed by atoms with Crippen LogP contribution in [-0.2, 0) is 5.67 Å². The van der Waals surface area contributed by atoms with Crippen molar-refractivity contribution < 1.29 is 4.39 Å². The molecular weight excluding hydrogens is 203 g/mol. The van der Waals surface area contributed by atoms with Gasteiger partial charge in [-0.2, -0.15) is 0 Å². The van der Waals surface area contributed by atoms with Crippen molar-refractivity contribution in [3.8, 4) is 0 Å². The summed E-state index contributed by atoms with van der Waals surface area (Å²) in [7, 11) is 0. The maximum absolute atomic E-state index is 14.4. The Balaban J connectivity index is 2.32. The Hall–Kier alpha value is -0.670. The first-order valence-corrected chi connectivity index (χ1v) is 5.11. The lowest BCUT2D eigenvalue weighted by molar-refractivity contribution is 0.110. The van der Waals surface area contributed by atoms with Gasteiger partial charge < -0.3 is 5.32 Å². The third-order valence-corrected chi connectivity index (χ3v) is 2.88. The lowest BCUT2D eigenvalue weighted by Gasteiger charge is -2.29. The third-order valence-electron chi connectivity index (χ3n) is 2.58. The van der Waals surface area contributed by atoms with E-state index in [-0.39, 0.29) is 0 Å². The molecule has 0 radical (unpaired) electrons. The molecule has 2 rings (SSSR count). The quantitative estimate of drug-likeness (QED) is 0.776. The topological polar surface area (TPSA) is 24.9 Å². The molecule has 0 unspecified atom stereocenters. The minimum atomic E-state index is -1.34. The first-order chi connectivity index (χ1) is 6.72. The summed E-state index contributed by atoms with van der Waals surface area (Å²) < 4.78 is 14.4. The van der Waals surface area contributed by atoms with Crippen molar-refractivity contribution in [2.45, 2.75) is 18.5 Å². The van der Waals surface area contributed by atoms with Crippen molar-refractivity contribution in [2.75, 3.05) is 13.1 Å².